The van der Waals surface area contributed by atoms with Crippen molar-refractivity contribution in [3.8, 4) is 0 Å². The summed E-state index contributed by atoms with van der Waals surface area (Å²) in [7, 11) is 0. The molecular weight excluding hydrogens is 497 g/mol. The standard InChI is InChI=1S/C26H31ClFN7O2/c1-15-9-18(11-23-30-13-20(27)25(31-23)32-24-10-16(2)33-34-24)21(28)12-19(15)17-3-6-35(7-4-17)26(36)22-14-37-8-5-29-22/h9-10,12-13,17,22,29H,3-8,11,14H2,1-2H3,(H2,30,31,32,33,34)/t22-/m0/s1. The lowest BCUT2D eigenvalue weighted by Crippen LogP contribution is -2.53. The maximum atomic E-state index is 15.2. The number of aromatic amines is 1. The van der Waals surface area contributed by atoms with Crippen LogP contribution in [0.15, 0.2) is 24.4 Å². The Labute approximate surface area is 220 Å². The number of amides is 1. The number of benzene rings is 1. The van der Waals surface area contributed by atoms with Gasteiger partial charge in [0.2, 0.25) is 5.91 Å². The third-order valence-electron chi connectivity index (χ3n) is 7.00. The van der Waals surface area contributed by atoms with Crippen molar-refractivity contribution >= 4 is 29.1 Å². The Hall–Kier alpha value is -3.08. The molecule has 1 atom stereocenters. The van der Waals surface area contributed by atoms with E-state index in [0.29, 0.717) is 60.9 Å². The lowest BCUT2D eigenvalue weighted by molar-refractivity contribution is -0.137. The number of piperidine rings is 1. The van der Waals surface area contributed by atoms with Crippen LogP contribution in [0, 0.1) is 19.7 Å². The number of nitrogens with one attached hydrogen (secondary N) is 3. The van der Waals surface area contributed by atoms with Gasteiger partial charge in [0, 0.05) is 37.8 Å². The van der Waals surface area contributed by atoms with E-state index in [-0.39, 0.29) is 30.1 Å². The highest BCUT2D eigenvalue weighted by atomic mass is 35.5. The molecule has 2 aromatic heterocycles. The van der Waals surface area contributed by atoms with E-state index >= 15 is 4.39 Å². The van der Waals surface area contributed by atoms with Gasteiger partial charge in [-0.1, -0.05) is 17.7 Å². The summed E-state index contributed by atoms with van der Waals surface area (Å²) in [6.45, 7) is 6.98. The molecule has 0 saturated carbocycles. The monoisotopic (exact) mass is 527 g/mol. The molecule has 2 saturated heterocycles. The Morgan fingerprint density at radius 1 is 1.27 bits per heavy atom. The van der Waals surface area contributed by atoms with Gasteiger partial charge in [-0.3, -0.25) is 9.89 Å². The van der Waals surface area contributed by atoms with E-state index < -0.39 is 0 Å². The van der Waals surface area contributed by atoms with Gasteiger partial charge in [0.25, 0.3) is 0 Å². The first kappa shape index (κ1) is 25.6. The molecule has 1 aromatic carbocycles. The summed E-state index contributed by atoms with van der Waals surface area (Å²) in [6, 6.07) is 5.10. The number of likely N-dealkylation sites (tertiary alicyclic amines) is 1. The van der Waals surface area contributed by atoms with Gasteiger partial charge in [-0.25, -0.2) is 14.4 Å². The average molecular weight is 528 g/mol. The van der Waals surface area contributed by atoms with Gasteiger partial charge in [0.15, 0.2) is 11.6 Å². The molecule has 0 aliphatic carbocycles. The molecular formula is C26H31ClFN7O2. The van der Waals surface area contributed by atoms with Gasteiger partial charge in [-0.05, 0) is 55.4 Å². The fraction of sp³-hybridized carbons (Fsp3) is 0.462. The number of carbonyl (C=O) groups is 1. The normalized spacial score (nSPS) is 18.7. The number of rotatable bonds is 6. The number of H-pyrrole nitrogens is 1. The molecule has 2 aliphatic heterocycles. The van der Waals surface area contributed by atoms with Crippen LogP contribution in [-0.2, 0) is 16.0 Å². The van der Waals surface area contributed by atoms with Crippen LogP contribution in [0.2, 0.25) is 5.02 Å². The zero-order chi connectivity index (χ0) is 25.9. The SMILES string of the molecule is Cc1cc(Nc2nc(Cc3cc(C)c(C4CCN(C(=O)[C@@H]5COCCN5)CC4)cc3F)ncc2Cl)n[nH]1. The van der Waals surface area contributed by atoms with E-state index in [1.165, 1.54) is 6.20 Å². The van der Waals surface area contributed by atoms with Gasteiger partial charge in [-0.15, -0.1) is 0 Å². The van der Waals surface area contributed by atoms with E-state index in [4.69, 9.17) is 16.3 Å². The summed E-state index contributed by atoms with van der Waals surface area (Å²) in [6.07, 6.45) is 3.36. The van der Waals surface area contributed by atoms with E-state index in [1.54, 1.807) is 6.07 Å². The first-order valence-electron chi connectivity index (χ1n) is 12.6. The average Bonchev–Trinajstić information content (AvgIpc) is 3.32. The summed E-state index contributed by atoms with van der Waals surface area (Å²) < 4.78 is 20.7. The Morgan fingerprint density at radius 2 is 2.08 bits per heavy atom. The Balaban J connectivity index is 1.24. The molecule has 0 radical (unpaired) electrons. The van der Waals surface area contributed by atoms with Gasteiger partial charge in [0.1, 0.15) is 22.7 Å². The van der Waals surface area contributed by atoms with Crippen LogP contribution < -0.4 is 10.6 Å². The number of nitrogens with zero attached hydrogens (tertiary/aromatic N) is 4. The minimum Gasteiger partial charge on any atom is -0.378 e. The zero-order valence-electron chi connectivity index (χ0n) is 21.0. The lowest BCUT2D eigenvalue weighted by atomic mass is 9.85. The molecule has 1 amide bonds. The number of aromatic nitrogens is 4. The third-order valence-corrected chi connectivity index (χ3v) is 7.27. The molecule has 196 valence electrons. The summed E-state index contributed by atoms with van der Waals surface area (Å²) in [5.74, 6) is 1.49. The van der Waals surface area contributed by atoms with Gasteiger partial charge in [-0.2, -0.15) is 5.10 Å². The first-order chi connectivity index (χ1) is 17.9. The summed E-state index contributed by atoms with van der Waals surface area (Å²) in [4.78, 5) is 23.5. The topological polar surface area (TPSA) is 108 Å². The Morgan fingerprint density at radius 3 is 2.78 bits per heavy atom. The maximum Gasteiger partial charge on any atom is 0.242 e. The van der Waals surface area contributed by atoms with E-state index in [2.05, 4.69) is 30.8 Å². The van der Waals surface area contributed by atoms with Crippen LogP contribution in [0.4, 0.5) is 16.0 Å². The molecule has 5 rings (SSSR count). The second-order valence-electron chi connectivity index (χ2n) is 9.70. The molecule has 37 heavy (non-hydrogen) atoms. The quantitative estimate of drug-likeness (QED) is 0.449. The highest BCUT2D eigenvalue weighted by molar-refractivity contribution is 6.32. The van der Waals surface area contributed by atoms with Crippen molar-refractivity contribution in [3.63, 3.8) is 0 Å². The summed E-state index contributed by atoms with van der Waals surface area (Å²) in [5, 5.41) is 13.6. The van der Waals surface area contributed by atoms with E-state index in [9.17, 15) is 4.79 Å². The van der Waals surface area contributed by atoms with Crippen molar-refractivity contribution in [3.05, 3.63) is 63.4 Å². The fourth-order valence-corrected chi connectivity index (χ4v) is 5.18. The molecule has 3 N–H and O–H groups in total. The summed E-state index contributed by atoms with van der Waals surface area (Å²) >= 11 is 6.26. The van der Waals surface area contributed by atoms with Gasteiger partial charge < -0.3 is 20.3 Å². The Bertz CT molecular complexity index is 1270. The number of ether oxygens (including phenoxy) is 1. The second-order valence-corrected chi connectivity index (χ2v) is 10.1. The highest BCUT2D eigenvalue weighted by Crippen LogP contribution is 2.32. The zero-order valence-corrected chi connectivity index (χ0v) is 21.7. The first-order valence-corrected chi connectivity index (χ1v) is 12.9. The van der Waals surface area contributed by atoms with Crippen LogP contribution >= 0.6 is 11.6 Å². The van der Waals surface area contributed by atoms with E-state index in [1.807, 2.05) is 30.9 Å². The van der Waals surface area contributed by atoms with Crippen LogP contribution in [0.5, 0.6) is 0 Å². The van der Waals surface area contributed by atoms with E-state index in [0.717, 1.165) is 29.7 Å². The molecule has 3 aromatic rings. The van der Waals surface area contributed by atoms with Gasteiger partial charge >= 0.3 is 0 Å². The Kier molecular flexibility index (Phi) is 7.68. The molecule has 11 heteroatoms. The van der Waals surface area contributed by atoms with Crippen molar-refractivity contribution in [1.82, 2.24) is 30.4 Å². The largest absolute Gasteiger partial charge is 0.378 e. The number of hydrogen-bond acceptors (Lipinski definition) is 7. The number of anilines is 2. The van der Waals surface area contributed by atoms with Crippen LogP contribution in [0.3, 0.4) is 0 Å². The molecule has 0 bridgehead atoms. The van der Waals surface area contributed by atoms with Crippen LogP contribution in [-0.4, -0.2) is 69.9 Å². The van der Waals surface area contributed by atoms with Crippen molar-refractivity contribution in [2.75, 3.05) is 38.2 Å². The van der Waals surface area contributed by atoms with Crippen molar-refractivity contribution in [1.29, 1.82) is 0 Å². The number of hydrogen-bond donors (Lipinski definition) is 3. The molecule has 2 aliphatic rings. The lowest BCUT2D eigenvalue weighted by Gasteiger charge is -2.36. The molecule has 4 heterocycles. The van der Waals surface area contributed by atoms with Crippen LogP contribution in [0.25, 0.3) is 0 Å². The fourth-order valence-electron chi connectivity index (χ4n) is 5.04. The highest BCUT2D eigenvalue weighted by Gasteiger charge is 2.30. The maximum absolute atomic E-state index is 15.2. The number of aryl methyl sites for hydroxylation is 2. The third kappa shape index (κ3) is 5.92. The number of halogens is 2. The van der Waals surface area contributed by atoms with Crippen molar-refractivity contribution in [2.45, 2.75) is 45.1 Å². The second kappa shape index (κ2) is 11.1. The van der Waals surface area contributed by atoms with Crippen molar-refractivity contribution in [2.24, 2.45) is 0 Å². The molecule has 2 fully saturated rings. The van der Waals surface area contributed by atoms with Crippen LogP contribution in [0.1, 0.15) is 47.0 Å². The number of carbonyl (C=O) groups excluding carboxylic acids is 1. The number of morpholine rings is 1. The van der Waals surface area contributed by atoms with Gasteiger partial charge in [0.05, 0.1) is 19.4 Å². The summed E-state index contributed by atoms with van der Waals surface area (Å²) in [5.41, 5.74) is 3.46. The smallest absolute Gasteiger partial charge is 0.242 e. The predicted octanol–water partition coefficient (Wildman–Crippen LogP) is 3.64. The molecule has 9 nitrogen and oxygen atoms in total. The minimum atomic E-state index is -0.279. The molecule has 0 spiro atoms. The minimum absolute atomic E-state index is 0.0932. The van der Waals surface area contributed by atoms with Crippen molar-refractivity contribution < 1.29 is 13.9 Å². The molecule has 0 unspecified atom stereocenters. The predicted molar refractivity (Wildman–Crippen MR) is 139 cm³/mol.